The van der Waals surface area contributed by atoms with E-state index < -0.39 is 155 Å². The molecule has 3 rings (SSSR count). The van der Waals surface area contributed by atoms with Crippen molar-refractivity contribution in [2.45, 2.75) is 432 Å². The summed E-state index contributed by atoms with van der Waals surface area (Å²) in [6.45, 7) is 2.16. The molecular formula is C79H146N2O21. The van der Waals surface area contributed by atoms with Crippen molar-refractivity contribution in [3.63, 3.8) is 0 Å². The first-order valence-electron chi connectivity index (χ1n) is 40.7. The van der Waals surface area contributed by atoms with E-state index >= 15 is 0 Å². The van der Waals surface area contributed by atoms with E-state index in [-0.39, 0.29) is 12.3 Å². The summed E-state index contributed by atoms with van der Waals surface area (Å²) in [5.74, 6) is -6.14. The molecule has 0 aromatic heterocycles. The first-order chi connectivity index (χ1) is 49.4. The third kappa shape index (κ3) is 38.3. The van der Waals surface area contributed by atoms with Crippen LogP contribution in [0.1, 0.15) is 323 Å². The van der Waals surface area contributed by atoms with Crippen molar-refractivity contribution in [3.8, 4) is 0 Å². The molecule has 3 fully saturated rings. The van der Waals surface area contributed by atoms with Crippen LogP contribution in [0.3, 0.4) is 0 Å². The fraction of sp³-hybridized carbons (Fsp3) is 0.911. The largest absolute Gasteiger partial charge is 0.477 e. The number of aliphatic hydroxyl groups is 11. The predicted molar refractivity (Wildman–Crippen MR) is 394 cm³/mol. The van der Waals surface area contributed by atoms with Gasteiger partial charge in [-0.2, -0.15) is 0 Å². The maximum atomic E-state index is 13.5. The Hall–Kier alpha value is -2.79. The van der Waals surface area contributed by atoms with Gasteiger partial charge in [0, 0.05) is 19.8 Å². The fourth-order valence-electron chi connectivity index (χ4n) is 14.2. The topological polar surface area (TPSA) is 373 Å². The third-order valence-corrected chi connectivity index (χ3v) is 20.6. The van der Waals surface area contributed by atoms with Crippen LogP contribution in [-0.2, 0) is 42.8 Å². The van der Waals surface area contributed by atoms with Crippen LogP contribution < -0.4 is 10.6 Å². The average molecular weight is 1460 g/mol. The Balaban J connectivity index is 1.43. The second kappa shape index (κ2) is 58.3. The molecule has 0 radical (unpaired) electrons. The molecule has 0 aromatic carbocycles. The fourth-order valence-corrected chi connectivity index (χ4v) is 14.2. The first-order valence-corrected chi connectivity index (χ1v) is 40.7. The van der Waals surface area contributed by atoms with Crippen LogP contribution in [0.5, 0.6) is 0 Å². The van der Waals surface area contributed by atoms with Gasteiger partial charge in [-0.15, -0.1) is 0 Å². The Kier molecular flexibility index (Phi) is 53.4. The number of hydrogen-bond donors (Lipinski definition) is 14. The minimum atomic E-state index is -3.08. The van der Waals surface area contributed by atoms with Crippen molar-refractivity contribution in [1.82, 2.24) is 10.6 Å². The molecule has 3 heterocycles. The number of rotatable bonds is 64. The zero-order valence-corrected chi connectivity index (χ0v) is 63.2. The number of aliphatic carboxylic acids is 1. The third-order valence-electron chi connectivity index (χ3n) is 20.6. The molecule has 0 aromatic rings. The first kappa shape index (κ1) is 93.4. The molecule has 2 amide bonds. The monoisotopic (exact) mass is 1460 g/mol. The van der Waals surface area contributed by atoms with Crippen LogP contribution in [-0.4, -0.2) is 215 Å². The van der Waals surface area contributed by atoms with Crippen LogP contribution in [0.25, 0.3) is 0 Å². The Morgan fingerprint density at radius 1 is 0.510 bits per heavy atom. The molecule has 0 aliphatic carbocycles. The second-order valence-electron chi connectivity index (χ2n) is 29.6. The van der Waals surface area contributed by atoms with E-state index in [2.05, 4.69) is 36.6 Å². The molecule has 14 N–H and O–H groups in total. The van der Waals surface area contributed by atoms with Gasteiger partial charge in [-0.25, -0.2) is 4.79 Å². The summed E-state index contributed by atoms with van der Waals surface area (Å²) in [6, 6.07) is -2.62. The Labute approximate surface area is 613 Å². The summed E-state index contributed by atoms with van der Waals surface area (Å²) in [5, 5.41) is 136. The summed E-state index contributed by atoms with van der Waals surface area (Å²) in [4.78, 5) is 38.6. The Morgan fingerprint density at radius 2 is 0.922 bits per heavy atom. The number of amides is 2. The zero-order chi connectivity index (χ0) is 74.6. The molecule has 0 saturated carbocycles. The number of nitrogens with one attached hydrogen (secondary N) is 2. The van der Waals surface area contributed by atoms with Gasteiger partial charge in [0.25, 0.3) is 5.79 Å². The number of allylic oxidation sites excluding steroid dienone is 3. The zero-order valence-electron chi connectivity index (χ0n) is 63.2. The second-order valence-corrected chi connectivity index (χ2v) is 29.6. The van der Waals surface area contributed by atoms with E-state index in [0.717, 1.165) is 51.9 Å². The highest BCUT2D eigenvalue weighted by molar-refractivity contribution is 5.77. The highest BCUT2D eigenvalue weighted by atomic mass is 16.8. The predicted octanol–water partition coefficient (Wildman–Crippen LogP) is 10.7. The summed E-state index contributed by atoms with van der Waals surface area (Å²) in [5.41, 5.74) is 0. The van der Waals surface area contributed by atoms with Gasteiger partial charge in [-0.3, -0.25) is 9.59 Å². The van der Waals surface area contributed by atoms with E-state index in [0.29, 0.717) is 12.8 Å². The molecular weight excluding hydrogens is 1310 g/mol. The molecule has 18 atom stereocenters. The van der Waals surface area contributed by atoms with Crippen LogP contribution in [0, 0.1) is 0 Å². The summed E-state index contributed by atoms with van der Waals surface area (Å²) >= 11 is 0. The normalized spacial score (nSPS) is 26.7. The maximum absolute atomic E-state index is 13.5. The van der Waals surface area contributed by atoms with Crippen molar-refractivity contribution in [2.24, 2.45) is 0 Å². The number of unbranched alkanes of at least 4 members (excludes halogenated alkanes) is 42. The van der Waals surface area contributed by atoms with E-state index in [1.165, 1.54) is 231 Å². The number of carbonyl (C=O) groups is 3. The number of hydrogen-bond acceptors (Lipinski definition) is 20. The van der Waals surface area contributed by atoms with Crippen molar-refractivity contribution in [1.29, 1.82) is 0 Å². The average Bonchev–Trinajstić information content (AvgIpc) is 0.755. The summed E-state index contributed by atoms with van der Waals surface area (Å²) < 4.78 is 34.8. The minimum Gasteiger partial charge on any atom is -0.477 e. The lowest BCUT2D eigenvalue weighted by molar-refractivity contribution is -0.386. The van der Waals surface area contributed by atoms with Gasteiger partial charge in [0.05, 0.1) is 50.7 Å². The van der Waals surface area contributed by atoms with Crippen molar-refractivity contribution in [3.05, 3.63) is 24.3 Å². The smallest absolute Gasteiger partial charge is 0.364 e. The summed E-state index contributed by atoms with van der Waals surface area (Å²) in [7, 11) is 0. The molecule has 18 unspecified atom stereocenters. The highest BCUT2D eigenvalue weighted by Gasteiger charge is 2.60. The van der Waals surface area contributed by atoms with Gasteiger partial charge < -0.3 is 100 Å². The van der Waals surface area contributed by atoms with Gasteiger partial charge >= 0.3 is 5.97 Å². The van der Waals surface area contributed by atoms with E-state index in [4.69, 9.17) is 28.4 Å². The van der Waals surface area contributed by atoms with E-state index in [1.807, 2.05) is 6.08 Å². The van der Waals surface area contributed by atoms with Crippen LogP contribution in [0.15, 0.2) is 24.3 Å². The van der Waals surface area contributed by atoms with Gasteiger partial charge in [0.1, 0.15) is 67.1 Å². The Bertz CT molecular complexity index is 2130. The standard InChI is InChI=1S/C79H146N2O21/c1-4-6-8-10-12-14-16-18-19-20-21-22-23-24-25-26-27-28-29-30-31-32-33-34-35-36-37-38-39-41-43-45-47-49-51-53-66(89)81-60(61(86)52-50-48-46-44-42-40-17-15-13-11-9-7-5-2)58-97-76-71(93)70(92)73(65(57-84)99-76)100-77-72(94)75(69(91)64(56-83)98-77)102-79(78(95)96)54-62(87)67(80-59(3)85)74(101-79)68(90)63(88)55-82/h26-27,50,52,60-65,67-77,82-84,86-88,90-94H,4-25,28-49,51,53-58H2,1-3H3,(H,80,85)(H,81,89)(H,95,96)/b27-26-,52-50+. The van der Waals surface area contributed by atoms with Gasteiger partial charge in [0.15, 0.2) is 12.6 Å². The number of carbonyl (C=O) groups excluding carboxylic acids is 2. The van der Waals surface area contributed by atoms with Crippen molar-refractivity contribution >= 4 is 17.8 Å². The molecule has 3 aliphatic heterocycles. The van der Waals surface area contributed by atoms with Gasteiger partial charge in [-0.1, -0.05) is 282 Å². The molecule has 0 spiro atoms. The van der Waals surface area contributed by atoms with Crippen molar-refractivity contribution < 1.29 is 104 Å². The van der Waals surface area contributed by atoms with Crippen molar-refractivity contribution in [2.75, 3.05) is 26.4 Å². The molecule has 23 heteroatoms. The van der Waals surface area contributed by atoms with Crippen LogP contribution >= 0.6 is 0 Å². The lowest BCUT2D eigenvalue weighted by atomic mass is 9.88. The molecule has 102 heavy (non-hydrogen) atoms. The molecule has 3 aliphatic rings. The number of aliphatic hydroxyl groups excluding tert-OH is 11. The molecule has 23 nitrogen and oxygen atoms in total. The number of carboxylic acids is 1. The van der Waals surface area contributed by atoms with Crippen LogP contribution in [0.4, 0.5) is 0 Å². The molecule has 0 bridgehead atoms. The Morgan fingerprint density at radius 3 is 1.33 bits per heavy atom. The quantitative estimate of drug-likeness (QED) is 0.0199. The van der Waals surface area contributed by atoms with E-state index in [1.54, 1.807) is 6.08 Å². The van der Waals surface area contributed by atoms with Gasteiger partial charge in [-0.05, 0) is 44.9 Å². The number of carboxylic acid groups (broad SMARTS) is 1. The minimum absolute atomic E-state index is 0.203. The molecule has 598 valence electrons. The highest BCUT2D eigenvalue weighted by Crippen LogP contribution is 2.39. The summed E-state index contributed by atoms with van der Waals surface area (Å²) in [6.07, 6.45) is 35.4. The SMILES string of the molecule is CCCCCCCCCCCCC/C=C/C(O)C(COC1OC(CO)C(OC2OC(CO)C(O)C(OC3(C(=O)O)CC(O)C(NC(C)=O)C(C(O)C(O)CO)O3)C2O)C(O)C1O)NC(=O)CCCCCCCCCCCCCCCCCCC/C=C\CCCCCCCCCCCCCCCC. The van der Waals surface area contributed by atoms with Gasteiger partial charge in [0.2, 0.25) is 11.8 Å². The maximum Gasteiger partial charge on any atom is 0.364 e. The lowest BCUT2D eigenvalue weighted by Gasteiger charge is -2.50. The van der Waals surface area contributed by atoms with E-state index in [9.17, 15) is 75.7 Å². The molecule has 3 saturated heterocycles. The number of ether oxygens (including phenoxy) is 6. The van der Waals surface area contributed by atoms with Crippen LogP contribution in [0.2, 0.25) is 0 Å². The lowest BCUT2D eigenvalue weighted by Crippen LogP contribution is -2.70.